The number of ether oxygens (including phenoxy) is 1. The van der Waals surface area contributed by atoms with Gasteiger partial charge in [-0.1, -0.05) is 35.0 Å². The molecule has 116 valence electrons. The molecule has 21 heavy (non-hydrogen) atoms. The number of carbonyl (C=O) groups is 1. The molecule has 0 bridgehead atoms. The molecule has 5 heteroatoms. The fraction of sp³-hybridized carbons (Fsp3) is 0.562. The Morgan fingerprint density at radius 2 is 2.10 bits per heavy atom. The number of rotatable bonds is 6. The second-order valence-corrected chi connectivity index (χ2v) is 6.40. The van der Waals surface area contributed by atoms with E-state index in [0.29, 0.717) is 13.2 Å². The van der Waals surface area contributed by atoms with Crippen LogP contribution in [-0.4, -0.2) is 31.7 Å². The van der Waals surface area contributed by atoms with Crippen molar-refractivity contribution < 1.29 is 9.53 Å². The van der Waals surface area contributed by atoms with Crippen LogP contribution in [0.4, 0.5) is 0 Å². The average molecular weight is 355 g/mol. The molecule has 0 aromatic heterocycles. The summed E-state index contributed by atoms with van der Waals surface area (Å²) in [5, 5.41) is 6.48. The molecule has 2 rings (SSSR count). The Kier molecular flexibility index (Phi) is 6.21. The number of amides is 1. The van der Waals surface area contributed by atoms with Gasteiger partial charge in [-0.3, -0.25) is 4.79 Å². The fourth-order valence-corrected chi connectivity index (χ4v) is 2.76. The van der Waals surface area contributed by atoms with Crippen LogP contribution in [0, 0.1) is 5.92 Å². The summed E-state index contributed by atoms with van der Waals surface area (Å²) in [7, 11) is 0. The van der Waals surface area contributed by atoms with Gasteiger partial charge in [-0.2, -0.15) is 0 Å². The minimum absolute atomic E-state index is 0.00183. The zero-order chi connectivity index (χ0) is 15.2. The highest BCUT2D eigenvalue weighted by Crippen LogP contribution is 2.19. The third-order valence-corrected chi connectivity index (χ3v) is 4.33. The van der Waals surface area contributed by atoms with Gasteiger partial charge in [0.2, 0.25) is 5.91 Å². The molecule has 2 unspecified atom stereocenters. The maximum atomic E-state index is 12.4. The molecule has 0 aliphatic carbocycles. The number of halogens is 1. The largest absolute Gasteiger partial charge is 0.379 e. The Bertz CT molecular complexity index is 464. The maximum absolute atomic E-state index is 12.4. The molecule has 4 nitrogen and oxygen atoms in total. The molecule has 1 aromatic rings. The molecule has 1 aliphatic rings. The van der Waals surface area contributed by atoms with Gasteiger partial charge in [0.15, 0.2) is 0 Å². The van der Waals surface area contributed by atoms with E-state index in [2.05, 4.69) is 33.5 Å². The van der Waals surface area contributed by atoms with Crippen LogP contribution in [0.2, 0.25) is 0 Å². The van der Waals surface area contributed by atoms with Gasteiger partial charge in [-0.05, 0) is 37.6 Å². The summed E-state index contributed by atoms with van der Waals surface area (Å²) >= 11 is 3.42. The molecule has 2 N–H and O–H groups in total. The predicted molar refractivity (Wildman–Crippen MR) is 87.1 cm³/mol. The highest BCUT2D eigenvalue weighted by atomic mass is 79.9. The number of carbonyl (C=O) groups excluding carboxylic acids is 1. The second-order valence-electron chi connectivity index (χ2n) is 5.49. The lowest BCUT2D eigenvalue weighted by Crippen LogP contribution is -2.44. The van der Waals surface area contributed by atoms with Crippen LogP contribution >= 0.6 is 15.9 Å². The molecule has 0 spiro atoms. The molecule has 0 radical (unpaired) electrons. The van der Waals surface area contributed by atoms with E-state index in [1.165, 1.54) is 0 Å². The standard InChI is InChI=1S/C16H23BrN2O2/c1-3-8-18-15-10-21-9-14(15)16(20)19-11(2)12-4-6-13(17)7-5-12/h4-7,11,14-15,18H,3,8-10H2,1-2H3,(H,19,20)/t11-,14?,15?/m1/s1. The lowest BCUT2D eigenvalue weighted by atomic mass is 10.0. The summed E-state index contributed by atoms with van der Waals surface area (Å²) in [5.74, 6) is -0.0361. The van der Waals surface area contributed by atoms with Crippen LogP contribution < -0.4 is 10.6 Å². The Hall–Kier alpha value is -0.910. The van der Waals surface area contributed by atoms with E-state index >= 15 is 0 Å². The zero-order valence-electron chi connectivity index (χ0n) is 12.6. The minimum atomic E-state index is -0.102. The van der Waals surface area contributed by atoms with Crippen LogP contribution in [0.15, 0.2) is 28.7 Å². The van der Waals surface area contributed by atoms with Gasteiger partial charge in [0.05, 0.1) is 25.2 Å². The lowest BCUT2D eigenvalue weighted by molar-refractivity contribution is -0.126. The first-order valence-electron chi connectivity index (χ1n) is 7.48. The van der Waals surface area contributed by atoms with E-state index in [9.17, 15) is 4.79 Å². The molecule has 3 atom stereocenters. The van der Waals surface area contributed by atoms with Gasteiger partial charge in [0, 0.05) is 10.5 Å². The number of hydrogen-bond acceptors (Lipinski definition) is 3. The summed E-state index contributed by atoms with van der Waals surface area (Å²) in [6.07, 6.45) is 1.06. The minimum Gasteiger partial charge on any atom is -0.379 e. The third-order valence-electron chi connectivity index (χ3n) is 3.80. The smallest absolute Gasteiger partial charge is 0.227 e. The Labute approximate surface area is 134 Å². The van der Waals surface area contributed by atoms with Crippen molar-refractivity contribution in [2.24, 2.45) is 5.92 Å². The summed E-state index contributed by atoms with van der Waals surface area (Å²) in [5.41, 5.74) is 1.10. The maximum Gasteiger partial charge on any atom is 0.227 e. The number of benzene rings is 1. The van der Waals surface area contributed by atoms with Crippen molar-refractivity contribution in [2.75, 3.05) is 19.8 Å². The molecule has 1 aromatic carbocycles. The van der Waals surface area contributed by atoms with Gasteiger partial charge in [0.25, 0.3) is 0 Å². The van der Waals surface area contributed by atoms with Crippen molar-refractivity contribution in [1.82, 2.24) is 10.6 Å². The van der Waals surface area contributed by atoms with Crippen LogP contribution in [-0.2, 0) is 9.53 Å². The highest BCUT2D eigenvalue weighted by Gasteiger charge is 2.34. The van der Waals surface area contributed by atoms with E-state index in [1.807, 2.05) is 31.2 Å². The monoisotopic (exact) mass is 354 g/mol. The van der Waals surface area contributed by atoms with Gasteiger partial charge >= 0.3 is 0 Å². The van der Waals surface area contributed by atoms with Crippen LogP contribution in [0.3, 0.4) is 0 Å². The van der Waals surface area contributed by atoms with Gasteiger partial charge in [-0.25, -0.2) is 0 Å². The number of nitrogens with one attached hydrogen (secondary N) is 2. The molecule has 1 amide bonds. The molecule has 1 heterocycles. The van der Waals surface area contributed by atoms with Gasteiger partial charge in [-0.15, -0.1) is 0 Å². The van der Waals surface area contributed by atoms with E-state index in [-0.39, 0.29) is 23.9 Å². The second kappa shape index (κ2) is 7.92. The average Bonchev–Trinajstić information content (AvgIpc) is 2.94. The quantitative estimate of drug-likeness (QED) is 0.825. The summed E-state index contributed by atoms with van der Waals surface area (Å²) in [4.78, 5) is 12.4. The lowest BCUT2D eigenvalue weighted by Gasteiger charge is -2.21. The fourth-order valence-electron chi connectivity index (χ4n) is 2.50. The Balaban J connectivity index is 1.92. The summed E-state index contributed by atoms with van der Waals surface area (Å²) in [6.45, 7) is 6.16. The summed E-state index contributed by atoms with van der Waals surface area (Å²) in [6, 6.07) is 8.14. The molecular formula is C16H23BrN2O2. The van der Waals surface area contributed by atoms with Crippen LogP contribution in [0.25, 0.3) is 0 Å². The van der Waals surface area contributed by atoms with Gasteiger partial charge < -0.3 is 15.4 Å². The van der Waals surface area contributed by atoms with Crippen molar-refractivity contribution in [3.05, 3.63) is 34.3 Å². The van der Waals surface area contributed by atoms with Crippen molar-refractivity contribution in [3.63, 3.8) is 0 Å². The van der Waals surface area contributed by atoms with Crippen molar-refractivity contribution in [1.29, 1.82) is 0 Å². The molecular weight excluding hydrogens is 332 g/mol. The van der Waals surface area contributed by atoms with Crippen molar-refractivity contribution in [2.45, 2.75) is 32.4 Å². The SMILES string of the molecule is CCCNC1COCC1C(=O)N[C@H](C)c1ccc(Br)cc1. The van der Waals surface area contributed by atoms with Crippen molar-refractivity contribution in [3.8, 4) is 0 Å². The molecule has 1 fully saturated rings. The predicted octanol–water partition coefficient (Wildman–Crippen LogP) is 2.64. The summed E-state index contributed by atoms with van der Waals surface area (Å²) < 4.78 is 6.50. The first-order chi connectivity index (χ1) is 10.1. The molecule has 1 saturated heterocycles. The third kappa shape index (κ3) is 4.53. The number of hydrogen-bond donors (Lipinski definition) is 2. The molecule has 0 saturated carbocycles. The first-order valence-corrected chi connectivity index (χ1v) is 8.28. The molecule has 1 aliphatic heterocycles. The van der Waals surface area contributed by atoms with Crippen molar-refractivity contribution >= 4 is 21.8 Å². The highest BCUT2D eigenvalue weighted by molar-refractivity contribution is 9.10. The Morgan fingerprint density at radius 3 is 2.76 bits per heavy atom. The van der Waals surface area contributed by atoms with Crippen LogP contribution in [0.5, 0.6) is 0 Å². The zero-order valence-corrected chi connectivity index (χ0v) is 14.2. The van der Waals surface area contributed by atoms with E-state index in [4.69, 9.17) is 4.74 Å². The topological polar surface area (TPSA) is 50.4 Å². The first kappa shape index (κ1) is 16.5. The van der Waals surface area contributed by atoms with E-state index in [1.54, 1.807) is 0 Å². The van der Waals surface area contributed by atoms with E-state index < -0.39 is 0 Å². The Morgan fingerprint density at radius 1 is 1.38 bits per heavy atom. The van der Waals surface area contributed by atoms with E-state index in [0.717, 1.165) is 23.0 Å². The van der Waals surface area contributed by atoms with Gasteiger partial charge in [0.1, 0.15) is 0 Å². The van der Waals surface area contributed by atoms with Crippen LogP contribution in [0.1, 0.15) is 31.9 Å². The normalized spacial score (nSPS) is 23.0.